The molecule has 178 valence electrons. The highest BCUT2D eigenvalue weighted by atomic mass is 16.5. The number of amides is 1. The number of carbonyl (C=O) groups is 1. The SMILES string of the molecule is COc1cc(Nc2nccc(-c3ccc(NC(=O)C[C@H](C)O)cc3)n2)ccc1N1CCOCC1. The number of aromatic nitrogens is 2. The fourth-order valence-electron chi connectivity index (χ4n) is 3.73. The van der Waals surface area contributed by atoms with Gasteiger partial charge in [-0.25, -0.2) is 9.97 Å². The summed E-state index contributed by atoms with van der Waals surface area (Å²) >= 11 is 0. The lowest BCUT2D eigenvalue weighted by Crippen LogP contribution is -2.36. The number of carbonyl (C=O) groups excluding carboxylic acids is 1. The third kappa shape index (κ3) is 6.00. The zero-order chi connectivity index (χ0) is 23.9. The maximum atomic E-state index is 11.8. The van der Waals surface area contributed by atoms with Crippen LogP contribution in [-0.4, -0.2) is 60.5 Å². The van der Waals surface area contributed by atoms with E-state index < -0.39 is 6.10 Å². The van der Waals surface area contributed by atoms with Crippen LogP contribution in [0.2, 0.25) is 0 Å². The van der Waals surface area contributed by atoms with Crippen LogP contribution in [-0.2, 0) is 9.53 Å². The maximum Gasteiger partial charge on any atom is 0.227 e. The first-order valence-electron chi connectivity index (χ1n) is 11.2. The number of benzene rings is 2. The Balaban J connectivity index is 1.46. The first-order chi connectivity index (χ1) is 16.5. The fourth-order valence-corrected chi connectivity index (χ4v) is 3.73. The molecule has 0 aliphatic carbocycles. The van der Waals surface area contributed by atoms with Crippen molar-refractivity contribution in [2.45, 2.75) is 19.4 Å². The van der Waals surface area contributed by atoms with E-state index in [2.05, 4.69) is 25.5 Å². The molecule has 1 atom stereocenters. The quantitative estimate of drug-likeness (QED) is 0.466. The van der Waals surface area contributed by atoms with E-state index in [1.807, 2.05) is 36.4 Å². The van der Waals surface area contributed by atoms with Gasteiger partial charge in [0.2, 0.25) is 11.9 Å². The highest BCUT2D eigenvalue weighted by Gasteiger charge is 2.16. The molecule has 0 spiro atoms. The molecule has 0 radical (unpaired) electrons. The van der Waals surface area contributed by atoms with Crippen LogP contribution in [0.25, 0.3) is 11.3 Å². The zero-order valence-electron chi connectivity index (χ0n) is 19.3. The molecule has 0 bridgehead atoms. The van der Waals surface area contributed by atoms with Gasteiger partial charge in [0.25, 0.3) is 0 Å². The minimum absolute atomic E-state index is 0.0565. The van der Waals surface area contributed by atoms with Crippen LogP contribution in [0, 0.1) is 0 Å². The van der Waals surface area contributed by atoms with E-state index in [4.69, 9.17) is 9.47 Å². The van der Waals surface area contributed by atoms with Gasteiger partial charge in [-0.05, 0) is 37.3 Å². The van der Waals surface area contributed by atoms with E-state index in [1.165, 1.54) is 0 Å². The Hall–Kier alpha value is -3.69. The Morgan fingerprint density at radius 3 is 2.59 bits per heavy atom. The number of hydrogen-bond acceptors (Lipinski definition) is 8. The van der Waals surface area contributed by atoms with Gasteiger partial charge >= 0.3 is 0 Å². The third-order valence-electron chi connectivity index (χ3n) is 5.39. The highest BCUT2D eigenvalue weighted by Crippen LogP contribution is 2.32. The summed E-state index contributed by atoms with van der Waals surface area (Å²) in [6.45, 7) is 4.66. The van der Waals surface area contributed by atoms with Gasteiger partial charge in [0, 0.05) is 42.3 Å². The van der Waals surface area contributed by atoms with Crippen molar-refractivity contribution < 1.29 is 19.4 Å². The summed E-state index contributed by atoms with van der Waals surface area (Å²) in [5.41, 5.74) is 4.15. The van der Waals surface area contributed by atoms with Crippen molar-refractivity contribution in [3.63, 3.8) is 0 Å². The molecule has 2 aromatic carbocycles. The topological polar surface area (TPSA) is 109 Å². The summed E-state index contributed by atoms with van der Waals surface area (Å²) < 4.78 is 11.1. The van der Waals surface area contributed by atoms with Crippen LogP contribution in [0.5, 0.6) is 5.75 Å². The average molecular weight is 464 g/mol. The smallest absolute Gasteiger partial charge is 0.227 e. The molecule has 3 N–H and O–H groups in total. The number of morpholine rings is 1. The maximum absolute atomic E-state index is 11.8. The van der Waals surface area contributed by atoms with Gasteiger partial charge in [0.05, 0.1) is 44.2 Å². The van der Waals surface area contributed by atoms with Crippen molar-refractivity contribution >= 4 is 28.9 Å². The van der Waals surface area contributed by atoms with E-state index in [0.717, 1.165) is 41.5 Å². The molecule has 1 amide bonds. The van der Waals surface area contributed by atoms with Crippen molar-refractivity contribution in [3.8, 4) is 17.0 Å². The Morgan fingerprint density at radius 1 is 1.15 bits per heavy atom. The van der Waals surface area contributed by atoms with E-state index in [-0.39, 0.29) is 12.3 Å². The second-order valence-electron chi connectivity index (χ2n) is 8.06. The van der Waals surface area contributed by atoms with Gasteiger partial charge in [-0.15, -0.1) is 0 Å². The predicted molar refractivity (Wildman–Crippen MR) is 132 cm³/mol. The molecular weight excluding hydrogens is 434 g/mol. The average Bonchev–Trinajstić information content (AvgIpc) is 2.84. The van der Waals surface area contributed by atoms with Crippen molar-refractivity contribution in [2.24, 2.45) is 0 Å². The zero-order valence-corrected chi connectivity index (χ0v) is 19.3. The molecule has 0 saturated carbocycles. The van der Waals surface area contributed by atoms with Crippen LogP contribution < -0.4 is 20.3 Å². The number of aliphatic hydroxyl groups is 1. The van der Waals surface area contributed by atoms with Crippen molar-refractivity contribution in [2.75, 3.05) is 48.9 Å². The van der Waals surface area contributed by atoms with Crippen LogP contribution >= 0.6 is 0 Å². The number of ether oxygens (including phenoxy) is 2. The molecule has 1 aromatic heterocycles. The predicted octanol–water partition coefficient (Wildman–Crippen LogP) is 3.44. The molecule has 34 heavy (non-hydrogen) atoms. The minimum Gasteiger partial charge on any atom is -0.495 e. The van der Waals surface area contributed by atoms with Crippen molar-refractivity contribution in [1.29, 1.82) is 0 Å². The number of nitrogens with one attached hydrogen (secondary N) is 2. The Kier molecular flexibility index (Phi) is 7.56. The summed E-state index contributed by atoms with van der Waals surface area (Å²) in [5.74, 6) is 1.01. The lowest BCUT2D eigenvalue weighted by Gasteiger charge is -2.30. The van der Waals surface area contributed by atoms with Crippen LogP contribution in [0.1, 0.15) is 13.3 Å². The lowest BCUT2D eigenvalue weighted by atomic mass is 10.1. The molecule has 4 rings (SSSR count). The van der Waals surface area contributed by atoms with Gasteiger partial charge in [-0.3, -0.25) is 4.79 Å². The Bertz CT molecular complexity index is 1110. The fraction of sp³-hybridized carbons (Fsp3) is 0.320. The monoisotopic (exact) mass is 463 g/mol. The summed E-state index contributed by atoms with van der Waals surface area (Å²) in [7, 11) is 1.66. The molecule has 1 aliphatic heterocycles. The number of rotatable bonds is 8. The third-order valence-corrected chi connectivity index (χ3v) is 5.39. The standard InChI is InChI=1S/C25H29N5O4/c1-17(31)15-24(32)27-19-5-3-18(4-6-19)21-9-10-26-25(29-21)28-20-7-8-22(23(16-20)33-2)30-11-13-34-14-12-30/h3-10,16-17,31H,11-15H2,1-2H3,(H,27,32)(H,26,28,29)/t17-/m0/s1. The van der Waals surface area contributed by atoms with Gasteiger partial charge in [0.15, 0.2) is 0 Å². The molecule has 1 fully saturated rings. The normalized spacial score (nSPS) is 14.4. The molecule has 3 aromatic rings. The molecule has 9 nitrogen and oxygen atoms in total. The molecule has 1 saturated heterocycles. The molecule has 0 unspecified atom stereocenters. The first-order valence-corrected chi connectivity index (χ1v) is 11.2. The van der Waals surface area contributed by atoms with Crippen LogP contribution in [0.15, 0.2) is 54.7 Å². The van der Waals surface area contributed by atoms with Gasteiger partial charge in [0.1, 0.15) is 5.75 Å². The summed E-state index contributed by atoms with van der Waals surface area (Å²) in [5, 5.41) is 15.4. The van der Waals surface area contributed by atoms with E-state index in [1.54, 1.807) is 32.4 Å². The second-order valence-corrected chi connectivity index (χ2v) is 8.06. The molecule has 9 heteroatoms. The Morgan fingerprint density at radius 2 is 1.88 bits per heavy atom. The van der Waals surface area contributed by atoms with Gasteiger partial charge in [-0.2, -0.15) is 0 Å². The molecule has 1 aliphatic rings. The van der Waals surface area contributed by atoms with Gasteiger partial charge in [-0.1, -0.05) is 12.1 Å². The summed E-state index contributed by atoms with van der Waals surface area (Å²) in [6, 6.07) is 15.1. The van der Waals surface area contributed by atoms with Crippen molar-refractivity contribution in [1.82, 2.24) is 9.97 Å². The summed E-state index contributed by atoms with van der Waals surface area (Å²) in [6.07, 6.45) is 1.07. The Labute approximate surface area is 198 Å². The minimum atomic E-state index is -0.679. The summed E-state index contributed by atoms with van der Waals surface area (Å²) in [4.78, 5) is 23.1. The number of nitrogens with zero attached hydrogens (tertiary/aromatic N) is 3. The van der Waals surface area contributed by atoms with Crippen LogP contribution in [0.3, 0.4) is 0 Å². The largest absolute Gasteiger partial charge is 0.495 e. The number of aliphatic hydroxyl groups excluding tert-OH is 1. The van der Waals surface area contributed by atoms with Gasteiger partial charge < -0.3 is 30.1 Å². The second kappa shape index (κ2) is 11.0. The molecular formula is C25H29N5O4. The highest BCUT2D eigenvalue weighted by molar-refractivity contribution is 5.91. The van der Waals surface area contributed by atoms with E-state index >= 15 is 0 Å². The van der Waals surface area contributed by atoms with Crippen molar-refractivity contribution in [3.05, 3.63) is 54.7 Å². The molecule has 2 heterocycles. The number of hydrogen-bond donors (Lipinski definition) is 3. The van der Waals surface area contributed by atoms with E-state index in [0.29, 0.717) is 24.8 Å². The lowest BCUT2D eigenvalue weighted by molar-refractivity contribution is -0.117. The number of anilines is 4. The number of methoxy groups -OCH3 is 1. The van der Waals surface area contributed by atoms with E-state index in [9.17, 15) is 9.90 Å². The van der Waals surface area contributed by atoms with Crippen LogP contribution in [0.4, 0.5) is 23.0 Å². The first kappa shape index (κ1) is 23.5.